The summed E-state index contributed by atoms with van der Waals surface area (Å²) in [5.74, 6) is 0.921. The van der Waals surface area contributed by atoms with Gasteiger partial charge in [0.05, 0.1) is 18.9 Å². The topological polar surface area (TPSA) is 52.1 Å². The van der Waals surface area contributed by atoms with Crippen LogP contribution in [0.1, 0.15) is 12.8 Å². The lowest BCUT2D eigenvalue weighted by Gasteiger charge is -2.26. The van der Waals surface area contributed by atoms with E-state index in [2.05, 4.69) is 37.8 Å². The largest absolute Gasteiger partial charge is 0.379 e. The molecule has 2 aliphatic rings. The van der Waals surface area contributed by atoms with E-state index in [1.807, 2.05) is 18.2 Å². The van der Waals surface area contributed by atoms with Crippen LogP contribution in [0.4, 0.5) is 5.69 Å². The van der Waals surface area contributed by atoms with E-state index >= 15 is 0 Å². The highest BCUT2D eigenvalue weighted by molar-refractivity contribution is 7.80. The van der Waals surface area contributed by atoms with Gasteiger partial charge >= 0.3 is 0 Å². The first-order chi connectivity index (χ1) is 11.8. The number of para-hydroxylation sites is 1. The van der Waals surface area contributed by atoms with E-state index in [-0.39, 0.29) is 0 Å². The Kier molecular flexibility index (Phi) is 6.40. The highest BCUT2D eigenvalue weighted by Crippen LogP contribution is 2.14. The third-order valence-corrected chi connectivity index (χ3v) is 4.41. The highest BCUT2D eigenvalue weighted by atomic mass is 32.1. The Labute approximate surface area is 148 Å². The zero-order valence-electron chi connectivity index (χ0n) is 13.9. The number of rotatable bonds is 5. The average molecular weight is 347 g/mol. The second kappa shape index (κ2) is 8.96. The van der Waals surface area contributed by atoms with Crippen molar-refractivity contribution < 1.29 is 4.74 Å². The Morgan fingerprint density at radius 3 is 2.79 bits per heavy atom. The summed E-state index contributed by atoms with van der Waals surface area (Å²) in [7, 11) is 0. The van der Waals surface area contributed by atoms with Crippen LogP contribution in [-0.4, -0.2) is 61.8 Å². The number of amidine groups is 1. The van der Waals surface area contributed by atoms with Gasteiger partial charge in [-0.25, -0.2) is 4.99 Å². The third kappa shape index (κ3) is 5.15. The van der Waals surface area contributed by atoms with Crippen molar-refractivity contribution in [2.45, 2.75) is 12.8 Å². The molecule has 0 saturated carbocycles. The quantitative estimate of drug-likeness (QED) is 0.620. The molecule has 6 nitrogen and oxygen atoms in total. The van der Waals surface area contributed by atoms with Crippen molar-refractivity contribution >= 4 is 28.9 Å². The summed E-state index contributed by atoms with van der Waals surface area (Å²) in [6, 6.07) is 10.3. The Morgan fingerprint density at radius 2 is 2.00 bits per heavy atom. The molecule has 0 aromatic heterocycles. The first-order valence-corrected chi connectivity index (χ1v) is 8.97. The van der Waals surface area contributed by atoms with Gasteiger partial charge in [-0.05, 0) is 37.3 Å². The van der Waals surface area contributed by atoms with Crippen LogP contribution in [0.3, 0.4) is 0 Å². The molecule has 2 fully saturated rings. The number of hydrazine groups is 1. The minimum atomic E-state index is 0.564. The maximum Gasteiger partial charge on any atom is 0.194 e. The molecular weight excluding hydrogens is 322 g/mol. The fraction of sp³-hybridized carbons (Fsp3) is 0.529. The van der Waals surface area contributed by atoms with Gasteiger partial charge in [0.2, 0.25) is 0 Å². The van der Waals surface area contributed by atoms with Crippen LogP contribution in [0.25, 0.3) is 0 Å². The van der Waals surface area contributed by atoms with Gasteiger partial charge in [-0.15, -0.1) is 0 Å². The van der Waals surface area contributed by atoms with Crippen LogP contribution < -0.4 is 15.8 Å². The Balaban J connectivity index is 1.36. The first kappa shape index (κ1) is 17.1. The van der Waals surface area contributed by atoms with Crippen molar-refractivity contribution in [3.8, 4) is 0 Å². The second-order valence-corrected chi connectivity index (χ2v) is 6.33. The molecule has 130 valence electrons. The molecular formula is C17H25N5OS. The maximum absolute atomic E-state index is 5.35. The van der Waals surface area contributed by atoms with Crippen LogP contribution in [0, 0.1) is 0 Å². The summed E-state index contributed by atoms with van der Waals surface area (Å²) in [5.41, 5.74) is 4.46. The van der Waals surface area contributed by atoms with Gasteiger partial charge in [0.25, 0.3) is 0 Å². The number of benzene rings is 1. The Hall–Kier alpha value is -1.70. The fourth-order valence-electron chi connectivity index (χ4n) is 2.85. The lowest BCUT2D eigenvalue weighted by Crippen LogP contribution is -2.38. The number of hydrogen-bond acceptors (Lipinski definition) is 4. The van der Waals surface area contributed by atoms with E-state index in [1.165, 1.54) is 0 Å². The van der Waals surface area contributed by atoms with Crippen molar-refractivity contribution in [3.63, 3.8) is 0 Å². The smallest absolute Gasteiger partial charge is 0.194 e. The monoisotopic (exact) mass is 347 g/mol. The standard InChI is InChI=1S/C17H25N5OS/c24-17(18-8-4-9-21-11-13-23-14-12-21)19-16-7-10-22(20-16)15-5-2-1-3-6-15/h1-3,5-6H,4,7-14H2,(H2,18,19,20,24). The maximum atomic E-state index is 5.35. The molecule has 7 heteroatoms. The van der Waals surface area contributed by atoms with E-state index in [1.54, 1.807) is 0 Å². The molecule has 1 aromatic rings. The summed E-state index contributed by atoms with van der Waals surface area (Å²) in [5, 5.41) is 5.89. The molecule has 24 heavy (non-hydrogen) atoms. The van der Waals surface area contributed by atoms with Gasteiger partial charge in [-0.1, -0.05) is 18.2 Å². The molecule has 2 N–H and O–H groups in total. The van der Waals surface area contributed by atoms with Crippen LogP contribution in [0.15, 0.2) is 35.3 Å². The number of anilines is 1. The van der Waals surface area contributed by atoms with Crippen molar-refractivity contribution in [2.24, 2.45) is 4.99 Å². The second-order valence-electron chi connectivity index (χ2n) is 5.95. The minimum absolute atomic E-state index is 0.564. The summed E-state index contributed by atoms with van der Waals surface area (Å²) in [6.07, 6.45) is 1.94. The number of morpholine rings is 1. The van der Waals surface area contributed by atoms with Crippen LogP contribution in [0.5, 0.6) is 0 Å². The third-order valence-electron chi connectivity index (χ3n) is 4.17. The Bertz CT molecular complexity index is 559. The molecule has 0 spiro atoms. The number of nitrogens with zero attached hydrogens (tertiary/aromatic N) is 3. The summed E-state index contributed by atoms with van der Waals surface area (Å²) < 4.78 is 5.35. The van der Waals surface area contributed by atoms with Crippen molar-refractivity contribution in [1.82, 2.24) is 15.6 Å². The SMILES string of the molecule is S=C(/N=C1/CCN(c2ccccc2)N1)NCCCN1CCOCC1. The van der Waals surface area contributed by atoms with E-state index in [4.69, 9.17) is 17.0 Å². The summed E-state index contributed by atoms with van der Waals surface area (Å²) >= 11 is 5.33. The minimum Gasteiger partial charge on any atom is -0.379 e. The summed E-state index contributed by atoms with van der Waals surface area (Å²) in [6.45, 7) is 6.61. The molecule has 0 radical (unpaired) electrons. The predicted molar refractivity (Wildman–Crippen MR) is 101 cm³/mol. The van der Waals surface area contributed by atoms with Crippen molar-refractivity contribution in [2.75, 3.05) is 50.9 Å². The van der Waals surface area contributed by atoms with Gasteiger partial charge in [-0.3, -0.25) is 15.3 Å². The fourth-order valence-corrected chi connectivity index (χ4v) is 3.06. The van der Waals surface area contributed by atoms with Gasteiger partial charge in [0.15, 0.2) is 5.11 Å². The number of hydrogen-bond donors (Lipinski definition) is 2. The average Bonchev–Trinajstić information content (AvgIpc) is 3.09. The molecule has 0 amide bonds. The molecule has 1 aromatic carbocycles. The number of thiocarbonyl (C=S) groups is 1. The molecule has 0 atom stereocenters. The zero-order valence-corrected chi connectivity index (χ0v) is 14.7. The van der Waals surface area contributed by atoms with Crippen molar-refractivity contribution in [3.05, 3.63) is 30.3 Å². The van der Waals surface area contributed by atoms with Gasteiger partial charge in [0.1, 0.15) is 5.84 Å². The van der Waals surface area contributed by atoms with Gasteiger partial charge < -0.3 is 10.1 Å². The number of aliphatic imine (C=N–C) groups is 1. The highest BCUT2D eigenvalue weighted by Gasteiger charge is 2.17. The number of nitrogens with one attached hydrogen (secondary N) is 2. The molecule has 2 saturated heterocycles. The molecule has 0 aliphatic carbocycles. The predicted octanol–water partition coefficient (Wildman–Crippen LogP) is 1.40. The lowest BCUT2D eigenvalue weighted by molar-refractivity contribution is 0.0376. The van der Waals surface area contributed by atoms with Crippen LogP contribution >= 0.6 is 12.2 Å². The van der Waals surface area contributed by atoms with E-state index in [9.17, 15) is 0 Å². The molecule has 0 bridgehead atoms. The molecule has 2 aliphatic heterocycles. The van der Waals surface area contributed by atoms with E-state index < -0.39 is 0 Å². The van der Waals surface area contributed by atoms with Crippen LogP contribution in [-0.2, 0) is 4.74 Å². The molecule has 2 heterocycles. The van der Waals surface area contributed by atoms with Gasteiger partial charge in [0, 0.05) is 32.6 Å². The Morgan fingerprint density at radius 1 is 1.21 bits per heavy atom. The summed E-state index contributed by atoms with van der Waals surface area (Å²) in [4.78, 5) is 6.91. The van der Waals surface area contributed by atoms with E-state index in [0.717, 1.165) is 70.3 Å². The zero-order chi connectivity index (χ0) is 16.6. The van der Waals surface area contributed by atoms with E-state index in [0.29, 0.717) is 5.11 Å². The lowest BCUT2D eigenvalue weighted by atomic mass is 10.3. The van der Waals surface area contributed by atoms with Gasteiger partial charge in [-0.2, -0.15) is 0 Å². The molecule has 3 rings (SSSR count). The first-order valence-electron chi connectivity index (χ1n) is 8.56. The van der Waals surface area contributed by atoms with Crippen molar-refractivity contribution in [1.29, 1.82) is 0 Å². The normalized spacial score (nSPS) is 20.2. The molecule has 0 unspecified atom stereocenters. The van der Waals surface area contributed by atoms with Crippen LogP contribution in [0.2, 0.25) is 0 Å². The number of ether oxygens (including phenoxy) is 1.